The van der Waals surface area contributed by atoms with Crippen LogP contribution in [0.25, 0.3) is 0 Å². The average molecular weight is 351 g/mol. The van der Waals surface area contributed by atoms with Crippen LogP contribution >= 0.6 is 23.2 Å². The largest absolute Gasteiger partial charge is 0.326 e. The average Bonchev–Trinajstić information content (AvgIpc) is 2.53. The lowest BCUT2D eigenvalue weighted by molar-refractivity contribution is -0.116. The molecule has 0 fully saturated rings. The van der Waals surface area contributed by atoms with Gasteiger partial charge in [0.05, 0.1) is 0 Å². The van der Waals surface area contributed by atoms with E-state index in [1.165, 1.54) is 0 Å². The maximum atomic E-state index is 12.3. The number of nitrogens with one attached hydrogen (secondary N) is 2. The Hall–Kier alpha value is -2.04. The highest BCUT2D eigenvalue weighted by molar-refractivity contribution is 6.31. The first-order chi connectivity index (χ1) is 11.1. The van der Waals surface area contributed by atoms with Crippen LogP contribution in [0.3, 0.4) is 0 Å². The van der Waals surface area contributed by atoms with Crippen molar-refractivity contribution in [2.24, 2.45) is 0 Å². The first kappa shape index (κ1) is 17.3. The molecule has 2 aromatic carbocycles. The first-order valence-corrected chi connectivity index (χ1v) is 8.02. The second-order valence-corrected chi connectivity index (χ2v) is 5.70. The van der Waals surface area contributed by atoms with Crippen molar-refractivity contribution in [1.82, 2.24) is 0 Å². The van der Waals surface area contributed by atoms with E-state index in [0.717, 1.165) is 0 Å². The molecule has 2 N–H and O–H groups in total. The minimum atomic E-state index is -0.274. The van der Waals surface area contributed by atoms with Crippen LogP contribution < -0.4 is 10.6 Å². The fourth-order valence-electron chi connectivity index (χ4n) is 1.96. The lowest BCUT2D eigenvalue weighted by Gasteiger charge is -2.08. The number of hydrogen-bond donors (Lipinski definition) is 2. The van der Waals surface area contributed by atoms with Gasteiger partial charge in [-0.05, 0) is 42.8 Å². The molecule has 23 heavy (non-hydrogen) atoms. The minimum absolute atomic E-state index is 0.127. The van der Waals surface area contributed by atoms with E-state index in [4.69, 9.17) is 23.2 Å². The molecule has 0 aliphatic heterocycles. The number of anilines is 2. The molecular weight excluding hydrogens is 335 g/mol. The van der Waals surface area contributed by atoms with Gasteiger partial charge in [-0.25, -0.2) is 0 Å². The van der Waals surface area contributed by atoms with Crippen LogP contribution in [0.15, 0.2) is 48.5 Å². The van der Waals surface area contributed by atoms with Crippen LogP contribution in [0.1, 0.15) is 23.2 Å². The van der Waals surface area contributed by atoms with Crippen molar-refractivity contribution in [2.75, 3.05) is 16.5 Å². The molecule has 4 nitrogen and oxygen atoms in total. The molecule has 120 valence electrons. The molecule has 2 aromatic rings. The molecule has 2 rings (SSSR count). The molecule has 0 atom stereocenters. The monoisotopic (exact) mass is 350 g/mol. The number of halogens is 2. The molecule has 0 aromatic heterocycles. The van der Waals surface area contributed by atoms with Crippen LogP contribution in [0.4, 0.5) is 11.4 Å². The predicted octanol–water partition coefficient (Wildman–Crippen LogP) is 4.55. The molecule has 0 saturated heterocycles. The molecule has 2 amide bonds. The summed E-state index contributed by atoms with van der Waals surface area (Å²) in [6.45, 7) is 0. The Kier molecular flexibility index (Phi) is 6.44. The first-order valence-electron chi connectivity index (χ1n) is 7.11. The standard InChI is InChI=1S/C17H16Cl2N2O2/c18-9-3-8-16(22)20-14-6-1-4-12(10-14)17(23)21-15-7-2-5-13(19)11-15/h1-2,4-7,10-11H,3,8-9H2,(H,20,22)(H,21,23). The van der Waals surface area contributed by atoms with E-state index < -0.39 is 0 Å². The zero-order valence-electron chi connectivity index (χ0n) is 12.3. The quantitative estimate of drug-likeness (QED) is 0.750. The molecule has 0 heterocycles. The highest BCUT2D eigenvalue weighted by Gasteiger charge is 2.08. The fourth-order valence-corrected chi connectivity index (χ4v) is 2.28. The summed E-state index contributed by atoms with van der Waals surface area (Å²) in [5.74, 6) is 0.0392. The Balaban J connectivity index is 2.03. The van der Waals surface area contributed by atoms with Crippen LogP contribution in [-0.2, 0) is 4.79 Å². The van der Waals surface area contributed by atoms with Crippen LogP contribution in [0.5, 0.6) is 0 Å². The molecule has 0 aliphatic carbocycles. The molecule has 0 bridgehead atoms. The molecule has 0 aliphatic rings. The van der Waals surface area contributed by atoms with Gasteiger partial charge in [0.2, 0.25) is 5.91 Å². The Labute approximate surface area is 144 Å². The number of carbonyl (C=O) groups excluding carboxylic acids is 2. The SMILES string of the molecule is O=C(CCCCl)Nc1cccc(C(=O)Nc2cccc(Cl)c2)c1. The van der Waals surface area contributed by atoms with E-state index in [-0.39, 0.29) is 11.8 Å². The van der Waals surface area contributed by atoms with Gasteiger partial charge < -0.3 is 10.6 Å². The number of rotatable bonds is 6. The van der Waals surface area contributed by atoms with Gasteiger partial charge in [-0.15, -0.1) is 11.6 Å². The van der Waals surface area contributed by atoms with Crippen molar-refractivity contribution in [3.63, 3.8) is 0 Å². The van der Waals surface area contributed by atoms with Gasteiger partial charge in [0, 0.05) is 34.3 Å². The molecular formula is C17H16Cl2N2O2. The lowest BCUT2D eigenvalue weighted by atomic mass is 10.1. The Morgan fingerprint density at radius 2 is 1.65 bits per heavy atom. The second-order valence-electron chi connectivity index (χ2n) is 4.89. The summed E-state index contributed by atoms with van der Waals surface area (Å²) in [7, 11) is 0. The smallest absolute Gasteiger partial charge is 0.255 e. The lowest BCUT2D eigenvalue weighted by Crippen LogP contribution is -2.14. The molecule has 6 heteroatoms. The van der Waals surface area contributed by atoms with Crippen LogP contribution in [-0.4, -0.2) is 17.7 Å². The molecule has 0 saturated carbocycles. The minimum Gasteiger partial charge on any atom is -0.326 e. The molecule has 0 spiro atoms. The van der Waals surface area contributed by atoms with Crippen LogP contribution in [0, 0.1) is 0 Å². The number of carbonyl (C=O) groups is 2. The maximum Gasteiger partial charge on any atom is 0.255 e. The number of benzene rings is 2. The number of hydrogen-bond acceptors (Lipinski definition) is 2. The van der Waals surface area contributed by atoms with E-state index in [9.17, 15) is 9.59 Å². The van der Waals surface area contributed by atoms with E-state index in [2.05, 4.69) is 10.6 Å². The number of amides is 2. The zero-order valence-corrected chi connectivity index (χ0v) is 13.8. The maximum absolute atomic E-state index is 12.3. The van der Waals surface area contributed by atoms with Crippen molar-refractivity contribution in [3.8, 4) is 0 Å². The third-order valence-electron chi connectivity index (χ3n) is 3.03. The van der Waals surface area contributed by atoms with Crippen molar-refractivity contribution in [2.45, 2.75) is 12.8 Å². The zero-order chi connectivity index (χ0) is 16.7. The van der Waals surface area contributed by atoms with Crippen molar-refractivity contribution >= 4 is 46.4 Å². The highest BCUT2D eigenvalue weighted by atomic mass is 35.5. The van der Waals surface area contributed by atoms with Crippen molar-refractivity contribution in [3.05, 3.63) is 59.1 Å². The van der Waals surface area contributed by atoms with E-state index in [1.807, 2.05) is 0 Å². The normalized spacial score (nSPS) is 10.2. The third kappa shape index (κ3) is 5.58. The van der Waals surface area contributed by atoms with Gasteiger partial charge >= 0.3 is 0 Å². The van der Waals surface area contributed by atoms with Gasteiger partial charge in [0.25, 0.3) is 5.91 Å². The molecule has 0 radical (unpaired) electrons. The Morgan fingerprint density at radius 3 is 2.35 bits per heavy atom. The van der Waals surface area contributed by atoms with Gasteiger partial charge in [-0.2, -0.15) is 0 Å². The highest BCUT2D eigenvalue weighted by Crippen LogP contribution is 2.17. The van der Waals surface area contributed by atoms with E-state index >= 15 is 0 Å². The van der Waals surface area contributed by atoms with Crippen molar-refractivity contribution < 1.29 is 9.59 Å². The summed E-state index contributed by atoms with van der Waals surface area (Å²) in [5.41, 5.74) is 1.63. The van der Waals surface area contributed by atoms with Gasteiger partial charge in [-0.3, -0.25) is 9.59 Å². The third-order valence-corrected chi connectivity index (χ3v) is 3.53. The van der Waals surface area contributed by atoms with E-state index in [1.54, 1.807) is 48.5 Å². The van der Waals surface area contributed by atoms with Crippen molar-refractivity contribution in [1.29, 1.82) is 0 Å². The second kappa shape index (κ2) is 8.56. The molecule has 0 unspecified atom stereocenters. The summed E-state index contributed by atoms with van der Waals surface area (Å²) in [6.07, 6.45) is 0.963. The Bertz CT molecular complexity index is 704. The summed E-state index contributed by atoms with van der Waals surface area (Å²) >= 11 is 11.5. The summed E-state index contributed by atoms with van der Waals surface area (Å²) in [6, 6.07) is 13.6. The topological polar surface area (TPSA) is 58.2 Å². The predicted molar refractivity (Wildman–Crippen MR) is 94.4 cm³/mol. The van der Waals surface area contributed by atoms with Gasteiger partial charge in [0.1, 0.15) is 0 Å². The summed E-state index contributed by atoms with van der Waals surface area (Å²) in [4.78, 5) is 23.9. The summed E-state index contributed by atoms with van der Waals surface area (Å²) in [5, 5.41) is 6.05. The van der Waals surface area contributed by atoms with Gasteiger partial charge in [-0.1, -0.05) is 23.7 Å². The van der Waals surface area contributed by atoms with Crippen LogP contribution in [0.2, 0.25) is 5.02 Å². The number of alkyl halides is 1. The Morgan fingerprint density at radius 1 is 0.957 bits per heavy atom. The van der Waals surface area contributed by atoms with Gasteiger partial charge in [0.15, 0.2) is 0 Å². The summed E-state index contributed by atoms with van der Waals surface area (Å²) < 4.78 is 0. The van der Waals surface area contributed by atoms with E-state index in [0.29, 0.717) is 40.7 Å². The fraction of sp³-hybridized carbons (Fsp3) is 0.176.